The van der Waals surface area contributed by atoms with Gasteiger partial charge in [-0.15, -0.1) is 34.0 Å². The minimum absolute atomic E-state index is 0.0293. The summed E-state index contributed by atoms with van der Waals surface area (Å²) in [6.45, 7) is 23.6. The molecule has 2 unspecified atom stereocenters. The number of amides is 2. The SMILES string of the molecule is CCCCC(CC)COc1c2cc(C(C)(C)C)sc2c(OCC(CC)CCCC)c2cc(-c3sc(C(C)(C)C)c4c3C(=O)N(C3=CCC=CS3)C4=O)sc12. The molecule has 5 heterocycles. The lowest BCUT2D eigenvalue weighted by Gasteiger charge is -2.21. The van der Waals surface area contributed by atoms with Crippen LogP contribution in [0.3, 0.4) is 0 Å². The van der Waals surface area contributed by atoms with Crippen molar-refractivity contribution in [3.63, 3.8) is 0 Å². The number of hydrogen-bond acceptors (Lipinski definition) is 8. The number of allylic oxidation sites excluding steroid dienone is 2. The monoisotopic (exact) mass is 805 g/mol. The summed E-state index contributed by atoms with van der Waals surface area (Å²) in [5.41, 5.74) is 0.751. The van der Waals surface area contributed by atoms with E-state index in [1.807, 2.05) is 28.9 Å². The maximum absolute atomic E-state index is 14.5. The van der Waals surface area contributed by atoms with E-state index in [9.17, 15) is 9.59 Å². The second-order valence-corrected chi connectivity index (χ2v) is 21.1. The average molecular weight is 806 g/mol. The number of imide groups is 1. The van der Waals surface area contributed by atoms with Gasteiger partial charge in [0.25, 0.3) is 11.8 Å². The molecule has 0 aliphatic carbocycles. The van der Waals surface area contributed by atoms with Crippen molar-refractivity contribution in [2.75, 3.05) is 13.2 Å². The molecule has 2 amide bonds. The molecule has 0 radical (unpaired) electrons. The molecule has 3 aromatic heterocycles. The molecule has 0 saturated heterocycles. The summed E-state index contributed by atoms with van der Waals surface area (Å²) in [7, 11) is 0. The van der Waals surface area contributed by atoms with E-state index in [0.29, 0.717) is 47.6 Å². The van der Waals surface area contributed by atoms with Crippen LogP contribution in [0.1, 0.15) is 157 Å². The van der Waals surface area contributed by atoms with E-state index in [1.165, 1.54) is 47.2 Å². The zero-order chi connectivity index (χ0) is 38.9. The van der Waals surface area contributed by atoms with Gasteiger partial charge in [-0.3, -0.25) is 9.59 Å². The van der Waals surface area contributed by atoms with Crippen LogP contribution in [0.4, 0.5) is 0 Å². The Bertz CT molecular complexity index is 1990. The highest BCUT2D eigenvalue weighted by Crippen LogP contribution is 2.55. The van der Waals surface area contributed by atoms with Crippen LogP contribution in [-0.2, 0) is 10.8 Å². The van der Waals surface area contributed by atoms with E-state index in [1.54, 1.807) is 22.7 Å². The molecule has 6 rings (SSSR count). The number of ether oxygens (including phenoxy) is 2. The number of thioether (sulfide) groups is 1. The molecule has 2 atom stereocenters. The van der Waals surface area contributed by atoms with Crippen LogP contribution in [-0.4, -0.2) is 29.9 Å². The lowest BCUT2D eigenvalue weighted by Crippen LogP contribution is -2.29. The van der Waals surface area contributed by atoms with Crippen molar-refractivity contribution in [3.8, 4) is 21.3 Å². The van der Waals surface area contributed by atoms with E-state index in [-0.39, 0.29) is 22.6 Å². The smallest absolute Gasteiger partial charge is 0.268 e. The molecule has 0 N–H and O–H groups in total. The molecule has 1 aromatic carbocycles. The number of rotatable bonds is 16. The Morgan fingerprint density at radius 3 is 1.83 bits per heavy atom. The number of thiophene rings is 3. The second kappa shape index (κ2) is 16.9. The van der Waals surface area contributed by atoms with Crippen LogP contribution >= 0.6 is 45.8 Å². The van der Waals surface area contributed by atoms with Gasteiger partial charge >= 0.3 is 0 Å². The van der Waals surface area contributed by atoms with Crippen molar-refractivity contribution in [2.45, 2.75) is 138 Å². The molecule has 2 aliphatic rings. The zero-order valence-electron chi connectivity index (χ0n) is 34.0. The van der Waals surface area contributed by atoms with Crippen molar-refractivity contribution >= 4 is 77.8 Å². The molecular formula is C45H59NO4S4. The Morgan fingerprint density at radius 2 is 1.31 bits per heavy atom. The minimum Gasteiger partial charge on any atom is -0.491 e. The molecule has 2 aliphatic heterocycles. The number of fused-ring (bicyclic) bond motifs is 3. The topological polar surface area (TPSA) is 55.8 Å². The first-order chi connectivity index (χ1) is 25.7. The quantitative estimate of drug-likeness (QED) is 0.106. The number of benzene rings is 1. The van der Waals surface area contributed by atoms with Crippen LogP contribution in [0.25, 0.3) is 29.9 Å². The third-order valence-corrected chi connectivity index (χ3v) is 16.1. The van der Waals surface area contributed by atoms with Crippen LogP contribution in [0, 0.1) is 11.8 Å². The third kappa shape index (κ3) is 8.12. The average Bonchev–Trinajstić information content (AvgIpc) is 3.92. The standard InChI is InChI=1S/C45H59NO4S4/c1-11-15-19-27(13-3)25-49-36-29-23-31(40-34-35(41(54-40)45(8,9)10)43(48)46(42(34)47)33-21-17-18-22-51-33)52-38(29)37(50-26-28(14-4)20-16-12-2)30-24-32(44(5,6)7)53-39(30)36/h18,21-24,27-28H,11-17,19-20,25-26H2,1-10H3. The Kier molecular flexibility index (Phi) is 12.8. The van der Waals surface area contributed by atoms with Gasteiger partial charge < -0.3 is 9.47 Å². The van der Waals surface area contributed by atoms with E-state index < -0.39 is 0 Å². The largest absolute Gasteiger partial charge is 0.491 e. The summed E-state index contributed by atoms with van der Waals surface area (Å²) in [5.74, 6) is 2.36. The fourth-order valence-corrected chi connectivity index (χ4v) is 11.9. The maximum Gasteiger partial charge on any atom is 0.268 e. The van der Waals surface area contributed by atoms with Crippen LogP contribution in [0.5, 0.6) is 11.5 Å². The highest BCUT2D eigenvalue weighted by molar-refractivity contribution is 8.05. The van der Waals surface area contributed by atoms with Gasteiger partial charge in [-0.25, -0.2) is 4.90 Å². The predicted octanol–water partition coefficient (Wildman–Crippen LogP) is 14.7. The summed E-state index contributed by atoms with van der Waals surface area (Å²) in [4.78, 5) is 34.2. The predicted molar refractivity (Wildman–Crippen MR) is 235 cm³/mol. The molecule has 5 nitrogen and oxygen atoms in total. The summed E-state index contributed by atoms with van der Waals surface area (Å²) in [5, 5.41) is 4.82. The maximum atomic E-state index is 14.5. The molecule has 9 heteroatoms. The van der Waals surface area contributed by atoms with Crippen molar-refractivity contribution in [1.82, 2.24) is 4.90 Å². The lowest BCUT2D eigenvalue weighted by atomic mass is 9.90. The molecule has 4 aromatic rings. The molecule has 54 heavy (non-hydrogen) atoms. The Morgan fingerprint density at radius 1 is 0.741 bits per heavy atom. The highest BCUT2D eigenvalue weighted by Gasteiger charge is 2.46. The van der Waals surface area contributed by atoms with Crippen molar-refractivity contribution in [1.29, 1.82) is 0 Å². The Hall–Kier alpha value is -2.59. The number of carbonyl (C=O) groups is 2. The van der Waals surface area contributed by atoms with Crippen molar-refractivity contribution < 1.29 is 19.1 Å². The lowest BCUT2D eigenvalue weighted by molar-refractivity contribution is 0.0715. The molecule has 0 saturated carbocycles. The van der Waals surface area contributed by atoms with Gasteiger partial charge in [0.2, 0.25) is 0 Å². The van der Waals surface area contributed by atoms with Gasteiger partial charge in [-0.2, -0.15) is 0 Å². The first kappa shape index (κ1) is 41.1. The summed E-state index contributed by atoms with van der Waals surface area (Å²) in [6.07, 6.45) is 13.9. The zero-order valence-corrected chi connectivity index (χ0v) is 37.3. The summed E-state index contributed by atoms with van der Waals surface area (Å²) in [6, 6.07) is 4.57. The van der Waals surface area contributed by atoms with Gasteiger partial charge in [0.1, 0.15) is 11.5 Å². The van der Waals surface area contributed by atoms with Gasteiger partial charge in [0, 0.05) is 25.4 Å². The summed E-state index contributed by atoms with van der Waals surface area (Å²) < 4.78 is 16.2. The number of hydrogen-bond donors (Lipinski definition) is 0. The van der Waals surface area contributed by atoms with Gasteiger partial charge in [-0.1, -0.05) is 126 Å². The van der Waals surface area contributed by atoms with Crippen molar-refractivity contribution in [3.05, 3.63) is 55.6 Å². The fourth-order valence-electron chi connectivity index (χ4n) is 7.26. The molecule has 0 fully saturated rings. The first-order valence-electron chi connectivity index (χ1n) is 20.1. The summed E-state index contributed by atoms with van der Waals surface area (Å²) >= 11 is 6.54. The third-order valence-electron chi connectivity index (χ3n) is 10.7. The molecule has 292 valence electrons. The Labute approximate surface area is 339 Å². The van der Waals surface area contributed by atoms with E-state index in [0.717, 1.165) is 72.0 Å². The van der Waals surface area contributed by atoms with Crippen LogP contribution in [0.2, 0.25) is 0 Å². The van der Waals surface area contributed by atoms with E-state index in [2.05, 4.69) is 81.4 Å². The fraction of sp³-hybridized carbons (Fsp3) is 0.556. The normalized spacial score (nSPS) is 16.1. The minimum atomic E-state index is -0.320. The number of nitrogens with zero attached hydrogens (tertiary/aromatic N) is 1. The van der Waals surface area contributed by atoms with Gasteiger partial charge in [0.05, 0.1) is 43.6 Å². The number of carbonyl (C=O) groups excluding carboxylic acids is 2. The molecule has 0 bridgehead atoms. The highest BCUT2D eigenvalue weighted by atomic mass is 32.2. The van der Waals surface area contributed by atoms with Crippen LogP contribution < -0.4 is 9.47 Å². The first-order valence-corrected chi connectivity index (χ1v) is 23.4. The van der Waals surface area contributed by atoms with E-state index >= 15 is 0 Å². The second-order valence-electron chi connectivity index (χ2n) is 17.0. The number of unbranched alkanes of at least 4 members (excludes halogenated alkanes) is 2. The van der Waals surface area contributed by atoms with Crippen LogP contribution in [0.15, 0.2) is 34.7 Å². The van der Waals surface area contributed by atoms with Gasteiger partial charge in [-0.05, 0) is 65.5 Å². The molecular weight excluding hydrogens is 747 g/mol. The molecule has 0 spiro atoms. The van der Waals surface area contributed by atoms with Crippen molar-refractivity contribution in [2.24, 2.45) is 11.8 Å². The Balaban J connectivity index is 1.57. The van der Waals surface area contributed by atoms with E-state index in [4.69, 9.17) is 9.47 Å². The van der Waals surface area contributed by atoms with Gasteiger partial charge in [0.15, 0.2) is 0 Å².